The quantitative estimate of drug-likeness (QED) is 0.103. The number of nitrogens with zero attached hydrogens (tertiary/aromatic N) is 16. The van der Waals surface area contributed by atoms with Gasteiger partial charge in [0.1, 0.15) is 0 Å². The molecule has 0 unspecified atom stereocenters. The minimum absolute atomic E-state index is 0.588. The van der Waals surface area contributed by atoms with Gasteiger partial charge < -0.3 is 4.57 Å². The highest BCUT2D eigenvalue weighted by molar-refractivity contribution is 6.27. The summed E-state index contributed by atoms with van der Waals surface area (Å²) in [6.45, 7) is 0. The maximum absolute atomic E-state index is 5.35. The molecule has 29 aromatic rings. The fraction of sp³-hybridized carbons (Fsp3) is 0. The Kier molecular flexibility index (Phi) is 20.5. The van der Waals surface area contributed by atoms with Crippen LogP contribution in [0.25, 0.3) is 256 Å². The van der Waals surface area contributed by atoms with E-state index in [4.69, 9.17) is 49.8 Å². The van der Waals surface area contributed by atoms with Crippen LogP contribution in [0.1, 0.15) is 0 Å². The van der Waals surface area contributed by atoms with Crippen LogP contribution < -0.4 is 0 Å². The second-order valence-electron chi connectivity index (χ2n) is 35.8. The lowest BCUT2D eigenvalue weighted by atomic mass is 10.1. The first-order chi connectivity index (χ1) is 71.5. The van der Waals surface area contributed by atoms with Crippen molar-refractivity contribution in [3.8, 4) is 125 Å². The Labute approximate surface area is 825 Å². The fourth-order valence-corrected chi connectivity index (χ4v) is 21.0. The predicted molar refractivity (Wildman–Crippen MR) is 587 cm³/mol. The lowest BCUT2D eigenvalue weighted by molar-refractivity contribution is 0.975. The monoisotopic (exact) mass is 1840 g/mol. The molecule has 674 valence electrons. The predicted octanol–water partition coefficient (Wildman–Crippen LogP) is 30.9. The Morgan fingerprint density at radius 2 is 0.285 bits per heavy atom. The Hall–Kier alpha value is -19.8. The molecule has 0 bridgehead atoms. The zero-order valence-electron chi connectivity index (χ0n) is 77.5. The van der Waals surface area contributed by atoms with Gasteiger partial charge in [-0.3, -0.25) is 22.8 Å². The van der Waals surface area contributed by atoms with Gasteiger partial charge in [0.25, 0.3) is 0 Å². The lowest BCUT2D eigenvalue weighted by Gasteiger charge is -2.14. The number of fused-ring (bicyclic) bond motifs is 21. The molecule has 11 aromatic heterocycles. The van der Waals surface area contributed by atoms with Crippen LogP contribution in [-0.2, 0) is 0 Å². The number of hydrogen-bond donors (Lipinski definition) is 0. The third-order valence-electron chi connectivity index (χ3n) is 27.4. The van der Waals surface area contributed by atoms with Crippen molar-refractivity contribution in [3.63, 3.8) is 0 Å². The molecule has 16 heteroatoms. The molecule has 0 N–H and O–H groups in total. The summed E-state index contributed by atoms with van der Waals surface area (Å²) in [7, 11) is 0. The number of benzene rings is 18. The largest absolute Gasteiger partial charge is 0.307 e. The summed E-state index contributed by atoms with van der Waals surface area (Å²) < 4.78 is 13.5. The lowest BCUT2D eigenvalue weighted by Crippen LogP contribution is -2.07. The molecule has 0 atom stereocenters. The molecular formula is C128H82N16. The molecule has 0 amide bonds. The van der Waals surface area contributed by atoms with E-state index < -0.39 is 0 Å². The zero-order valence-corrected chi connectivity index (χ0v) is 77.5. The second kappa shape index (κ2) is 35.3. The average Bonchev–Trinajstić information content (AvgIpc) is 1.54. The van der Waals surface area contributed by atoms with Gasteiger partial charge in [0.05, 0.1) is 112 Å². The van der Waals surface area contributed by atoms with E-state index in [0.717, 1.165) is 200 Å². The standard InChI is InChI=1S/C50H32N6.C40H26N4.C38H24N6/c1-5-17-33(18-6-1)41-31-42(34-19-7-2-8-20-34)52-49(51-41)55-45-27-15-13-25-37(45)39-29-30-40-38-26-14-16-28-46(38)56(48(40)47(39)55)50-53-43(35-21-9-3-10-22-35)32-44(54-50)36-23-11-4-12-24-36;1-4-14-27(15-5-1)34-26-35(28-16-6-2-7-17-28)42-40(41-34)44-37-23-13-11-21-31(37)33-25-24-32-30-20-10-12-22-36(30)43(38(32)39(33)44)29-18-8-3-9-19-29;1-3-12-25(13-4-1)31-24-32(26-14-5-2-6-15-26)42-38(41-31)44-34-19-10-8-17-28(34)30-21-20-29-27-16-7-9-18-33(27)43(35(29)36(30)44)37-39-22-11-23-40-37/h1-32H;1-26H;1-24H. The molecule has 0 aliphatic rings. The number of rotatable bonds is 14. The van der Waals surface area contributed by atoms with Crippen molar-refractivity contribution in [2.75, 3.05) is 0 Å². The van der Waals surface area contributed by atoms with Crippen LogP contribution in [0.3, 0.4) is 0 Å². The minimum atomic E-state index is 0.588. The van der Waals surface area contributed by atoms with Crippen LogP contribution in [0.5, 0.6) is 0 Å². The molecule has 0 saturated heterocycles. The normalized spacial score (nSPS) is 11.6. The van der Waals surface area contributed by atoms with Gasteiger partial charge in [-0.2, -0.15) is 0 Å². The third-order valence-corrected chi connectivity index (χ3v) is 27.4. The van der Waals surface area contributed by atoms with E-state index in [1.807, 2.05) is 78.9 Å². The Morgan fingerprint density at radius 3 is 0.486 bits per heavy atom. The first-order valence-electron chi connectivity index (χ1n) is 48.2. The van der Waals surface area contributed by atoms with E-state index in [2.05, 4.69) is 434 Å². The fourth-order valence-electron chi connectivity index (χ4n) is 21.0. The summed E-state index contributed by atoms with van der Waals surface area (Å²) in [5.74, 6) is 3.05. The molecule has 18 aromatic carbocycles. The van der Waals surface area contributed by atoms with Gasteiger partial charge in [-0.15, -0.1) is 0 Å². The molecular weight excluding hydrogens is 1760 g/mol. The minimum Gasteiger partial charge on any atom is -0.307 e. The summed E-state index contributed by atoms with van der Waals surface area (Å²) in [6.07, 6.45) is 3.58. The van der Waals surface area contributed by atoms with Gasteiger partial charge in [0.2, 0.25) is 29.7 Å². The summed E-state index contributed by atoms with van der Waals surface area (Å²) in [6, 6.07) is 168. The van der Waals surface area contributed by atoms with Crippen molar-refractivity contribution >= 4 is 131 Å². The molecule has 0 aliphatic carbocycles. The van der Waals surface area contributed by atoms with Crippen molar-refractivity contribution < 1.29 is 0 Å². The van der Waals surface area contributed by atoms with Gasteiger partial charge >= 0.3 is 0 Å². The maximum Gasteiger partial charge on any atom is 0.235 e. The topological polar surface area (TPSA) is 158 Å². The summed E-state index contributed by atoms with van der Waals surface area (Å²) >= 11 is 0. The summed E-state index contributed by atoms with van der Waals surface area (Å²) in [5.41, 5.74) is 28.8. The maximum atomic E-state index is 5.35. The van der Waals surface area contributed by atoms with E-state index in [9.17, 15) is 0 Å². The Morgan fingerprint density at radius 1 is 0.125 bits per heavy atom. The highest BCUT2D eigenvalue weighted by atomic mass is 15.2. The molecule has 0 aliphatic heterocycles. The van der Waals surface area contributed by atoms with Crippen molar-refractivity contribution in [3.05, 3.63) is 498 Å². The van der Waals surface area contributed by atoms with Crippen LogP contribution in [-0.4, -0.2) is 77.2 Å². The van der Waals surface area contributed by atoms with E-state index in [0.29, 0.717) is 29.7 Å². The van der Waals surface area contributed by atoms with Crippen molar-refractivity contribution in [2.45, 2.75) is 0 Å². The number of aromatic nitrogens is 16. The molecule has 0 radical (unpaired) electrons. The van der Waals surface area contributed by atoms with Gasteiger partial charge in [-0.1, -0.05) is 406 Å². The van der Waals surface area contributed by atoms with Crippen LogP contribution >= 0.6 is 0 Å². The SMILES string of the molecule is c1ccc(-c2cc(-c3ccccc3)nc(-n3c4ccccc4c4ccc5c6ccccc6n(-c6ccccc6)c5c43)n2)cc1.c1ccc(-c2cc(-c3ccccc3)nc(-n3c4ccccc4c4ccc5c6ccccc6n(-c6nc(-c7ccccc7)cc(-c7ccccc7)n6)c5c43)n2)cc1.c1ccc(-c2cc(-c3ccccc3)nc(-n3c4ccccc4c4ccc5c6ccccc6n(-c6ncccn6)c5c43)n2)cc1. The molecule has 0 fully saturated rings. The van der Waals surface area contributed by atoms with Gasteiger partial charge in [0.15, 0.2) is 0 Å². The molecule has 144 heavy (non-hydrogen) atoms. The van der Waals surface area contributed by atoms with E-state index >= 15 is 0 Å². The van der Waals surface area contributed by atoms with E-state index in [1.165, 1.54) is 27.1 Å². The molecule has 16 nitrogen and oxygen atoms in total. The van der Waals surface area contributed by atoms with E-state index in [-0.39, 0.29) is 0 Å². The highest BCUT2D eigenvalue weighted by Gasteiger charge is 2.30. The first-order valence-corrected chi connectivity index (χ1v) is 48.2. The smallest absolute Gasteiger partial charge is 0.235 e. The van der Waals surface area contributed by atoms with Crippen LogP contribution in [0.2, 0.25) is 0 Å². The molecule has 0 spiro atoms. The van der Waals surface area contributed by atoms with Crippen LogP contribution in [0.15, 0.2) is 498 Å². The first kappa shape index (κ1) is 83.5. The summed E-state index contributed by atoms with van der Waals surface area (Å²) in [5, 5.41) is 13.7. The van der Waals surface area contributed by atoms with Gasteiger partial charge in [-0.05, 0) is 78.9 Å². The molecule has 0 saturated carbocycles. The highest BCUT2D eigenvalue weighted by Crippen LogP contribution is 2.48. The molecule has 29 rings (SSSR count). The van der Waals surface area contributed by atoms with Gasteiger partial charge in [-0.25, -0.2) is 49.8 Å². The van der Waals surface area contributed by atoms with Gasteiger partial charge in [0, 0.05) is 127 Å². The van der Waals surface area contributed by atoms with Crippen molar-refractivity contribution in [2.24, 2.45) is 0 Å². The van der Waals surface area contributed by atoms with Crippen LogP contribution in [0.4, 0.5) is 0 Å². The number of para-hydroxylation sites is 7. The van der Waals surface area contributed by atoms with Crippen LogP contribution in [0, 0.1) is 0 Å². The Balaban J connectivity index is 0.000000109. The molecule has 11 heterocycles. The van der Waals surface area contributed by atoms with Crippen molar-refractivity contribution in [1.29, 1.82) is 0 Å². The zero-order chi connectivity index (χ0) is 95.1. The number of hydrogen-bond acceptors (Lipinski definition) is 10. The van der Waals surface area contributed by atoms with Crippen molar-refractivity contribution in [1.82, 2.24) is 77.2 Å². The average molecular weight is 1840 g/mol. The second-order valence-corrected chi connectivity index (χ2v) is 35.8. The third kappa shape index (κ3) is 14.4. The summed E-state index contributed by atoms with van der Waals surface area (Å²) in [4.78, 5) is 51.9. The van der Waals surface area contributed by atoms with E-state index in [1.54, 1.807) is 12.4 Å². The Bertz CT molecular complexity index is 9190.